The normalized spacial score (nSPS) is 12.0. The smallest absolute Gasteiger partial charge is 0.383 e. The molecule has 1 amide bonds. The molecule has 0 aliphatic carbocycles. The number of carbonyl (C=O) groups excluding carboxylic acids is 1. The summed E-state index contributed by atoms with van der Waals surface area (Å²) >= 11 is 0. The molecule has 0 fully saturated rings. The molecule has 0 aliphatic heterocycles. The van der Waals surface area contributed by atoms with Crippen LogP contribution in [0.5, 0.6) is 0 Å². The van der Waals surface area contributed by atoms with E-state index >= 15 is 0 Å². The number of rotatable bonds is 4. The van der Waals surface area contributed by atoms with Crippen molar-refractivity contribution in [2.75, 3.05) is 30.0 Å². The second-order valence-electron chi connectivity index (χ2n) is 6.70. The van der Waals surface area contributed by atoms with Crippen molar-refractivity contribution >= 4 is 23.1 Å². The number of carbonyl (C=O) groups is 1. The second kappa shape index (κ2) is 8.00. The number of nitrogens with zero attached hydrogens (tertiary/aromatic N) is 3. The number of alkyl halides is 6. The van der Waals surface area contributed by atoms with Crippen LogP contribution in [0.3, 0.4) is 0 Å². The maximum atomic E-state index is 12.9. The van der Waals surface area contributed by atoms with E-state index in [2.05, 4.69) is 0 Å². The average molecular weight is 453 g/mol. The van der Waals surface area contributed by atoms with Gasteiger partial charge in [-0.15, -0.1) is 0 Å². The third kappa shape index (κ3) is 5.00. The van der Waals surface area contributed by atoms with Gasteiger partial charge in [0.15, 0.2) is 0 Å². The quantitative estimate of drug-likeness (QED) is 0.689. The summed E-state index contributed by atoms with van der Waals surface area (Å²) in [5.41, 5.74) is -0.436. The van der Waals surface area contributed by atoms with Crippen LogP contribution in [0.4, 0.5) is 43.5 Å². The first-order valence-corrected chi connectivity index (χ1v) is 8.40. The predicted molar refractivity (Wildman–Crippen MR) is 99.8 cm³/mol. The van der Waals surface area contributed by atoms with Gasteiger partial charge in [-0.25, -0.2) is 9.36 Å². The number of hydrogen-bond donors (Lipinski definition) is 2. The summed E-state index contributed by atoms with van der Waals surface area (Å²) < 4.78 is 79.0. The van der Waals surface area contributed by atoms with Gasteiger partial charge in [-0.1, -0.05) is 0 Å². The Bertz CT molecular complexity index is 1100. The Kier molecular flexibility index (Phi) is 6.15. The molecule has 0 saturated heterocycles. The van der Waals surface area contributed by atoms with Gasteiger partial charge in [0.25, 0.3) is 5.56 Å². The second-order valence-corrected chi connectivity index (χ2v) is 6.70. The van der Waals surface area contributed by atoms with Crippen LogP contribution in [0.1, 0.15) is 11.1 Å². The number of anilines is 3. The molecule has 1 aromatic carbocycles. The van der Waals surface area contributed by atoms with Crippen LogP contribution in [-0.2, 0) is 30.7 Å². The molecule has 0 atom stereocenters. The van der Waals surface area contributed by atoms with E-state index in [-0.39, 0.29) is 17.6 Å². The van der Waals surface area contributed by atoms with Crippen molar-refractivity contribution in [3.05, 3.63) is 50.2 Å². The van der Waals surface area contributed by atoms with Crippen molar-refractivity contribution in [3.8, 4) is 0 Å². The zero-order valence-corrected chi connectivity index (χ0v) is 16.4. The minimum absolute atomic E-state index is 0.0980. The van der Waals surface area contributed by atoms with E-state index in [0.717, 1.165) is 4.57 Å². The van der Waals surface area contributed by atoms with Crippen molar-refractivity contribution in [1.82, 2.24) is 9.13 Å². The van der Waals surface area contributed by atoms with Crippen LogP contribution in [0, 0.1) is 0 Å². The highest BCUT2D eigenvalue weighted by atomic mass is 19.4. The highest BCUT2D eigenvalue weighted by molar-refractivity contribution is 5.90. The van der Waals surface area contributed by atoms with Gasteiger partial charge in [-0.3, -0.25) is 14.2 Å². The zero-order chi connectivity index (χ0) is 23.9. The minimum Gasteiger partial charge on any atom is -0.383 e. The first-order valence-electron chi connectivity index (χ1n) is 8.40. The maximum absolute atomic E-state index is 12.9. The summed E-state index contributed by atoms with van der Waals surface area (Å²) in [6.45, 7) is -0.968. The van der Waals surface area contributed by atoms with Gasteiger partial charge in [-0.2, -0.15) is 26.3 Å². The molecule has 31 heavy (non-hydrogen) atoms. The third-order valence-corrected chi connectivity index (χ3v) is 4.19. The summed E-state index contributed by atoms with van der Waals surface area (Å²) in [5, 5.41) is 1.86. The average Bonchev–Trinajstić information content (AvgIpc) is 2.61. The summed E-state index contributed by atoms with van der Waals surface area (Å²) in [7, 11) is 4.12. The molecule has 0 spiro atoms. The Morgan fingerprint density at radius 3 is 1.94 bits per heavy atom. The number of aromatic nitrogens is 2. The van der Waals surface area contributed by atoms with Gasteiger partial charge in [0, 0.05) is 26.8 Å². The van der Waals surface area contributed by atoms with Crippen LogP contribution in [-0.4, -0.2) is 29.1 Å². The molecule has 0 saturated carbocycles. The summed E-state index contributed by atoms with van der Waals surface area (Å²) in [4.78, 5) is 38.4. The van der Waals surface area contributed by atoms with Crippen LogP contribution >= 0.6 is 0 Å². The fraction of sp³-hybridized carbons (Fsp3) is 0.353. The number of halogens is 6. The lowest BCUT2D eigenvalue weighted by Gasteiger charge is -2.19. The van der Waals surface area contributed by atoms with E-state index in [4.69, 9.17) is 5.73 Å². The topological polar surface area (TPSA) is 102 Å². The Balaban J connectivity index is 2.47. The number of amides is 1. The molecule has 2 aromatic rings. The Morgan fingerprint density at radius 1 is 1.03 bits per heavy atom. The molecule has 0 radical (unpaired) electrons. The number of benzene rings is 1. The SMILES string of the molecule is CN(C)c1c(N)n(C)c(=O)n(CC(=O)Nc2cc(C(F)(F)F)cc(C(F)(F)F)c2)c1=O. The maximum Gasteiger partial charge on any atom is 0.416 e. The molecule has 1 aromatic heterocycles. The monoisotopic (exact) mass is 453 g/mol. The van der Waals surface area contributed by atoms with E-state index in [9.17, 15) is 40.7 Å². The molecule has 1 heterocycles. The fourth-order valence-corrected chi connectivity index (χ4v) is 2.70. The Hall–Kier alpha value is -3.45. The molecule has 3 N–H and O–H groups in total. The van der Waals surface area contributed by atoms with Crippen molar-refractivity contribution in [2.45, 2.75) is 18.9 Å². The van der Waals surface area contributed by atoms with E-state index in [0.29, 0.717) is 16.7 Å². The van der Waals surface area contributed by atoms with Crippen LogP contribution in [0.15, 0.2) is 27.8 Å². The third-order valence-electron chi connectivity index (χ3n) is 4.19. The highest BCUT2D eigenvalue weighted by Crippen LogP contribution is 2.37. The molecular weight excluding hydrogens is 436 g/mol. The van der Waals surface area contributed by atoms with Crippen LogP contribution in [0.2, 0.25) is 0 Å². The molecule has 0 aliphatic rings. The Morgan fingerprint density at radius 2 is 1.52 bits per heavy atom. The lowest BCUT2D eigenvalue weighted by Crippen LogP contribution is -2.44. The van der Waals surface area contributed by atoms with Crippen molar-refractivity contribution in [2.24, 2.45) is 7.05 Å². The Labute approximate surface area is 170 Å². The van der Waals surface area contributed by atoms with Gasteiger partial charge in [0.1, 0.15) is 18.1 Å². The minimum atomic E-state index is -5.11. The predicted octanol–water partition coefficient (Wildman–Crippen LogP) is 1.87. The summed E-state index contributed by atoms with van der Waals surface area (Å²) in [6, 6.07) is 0.518. The zero-order valence-electron chi connectivity index (χ0n) is 16.4. The van der Waals surface area contributed by atoms with E-state index < -0.39 is 52.9 Å². The molecule has 0 unspecified atom stereocenters. The lowest BCUT2D eigenvalue weighted by atomic mass is 10.1. The molecule has 8 nitrogen and oxygen atoms in total. The van der Waals surface area contributed by atoms with Gasteiger partial charge < -0.3 is 16.0 Å². The first-order chi connectivity index (χ1) is 14.0. The van der Waals surface area contributed by atoms with Crippen molar-refractivity contribution < 1.29 is 31.1 Å². The largest absolute Gasteiger partial charge is 0.416 e. The van der Waals surface area contributed by atoms with Crippen molar-refractivity contribution in [3.63, 3.8) is 0 Å². The number of hydrogen-bond acceptors (Lipinski definition) is 5. The van der Waals surface area contributed by atoms with Gasteiger partial charge in [0.05, 0.1) is 11.1 Å². The molecule has 170 valence electrons. The first kappa shape index (κ1) is 23.8. The summed E-state index contributed by atoms with van der Waals surface area (Å²) in [5.74, 6) is -1.38. The fourth-order valence-electron chi connectivity index (χ4n) is 2.70. The molecule has 0 bridgehead atoms. The van der Waals surface area contributed by atoms with E-state index in [1.54, 1.807) is 0 Å². The van der Waals surface area contributed by atoms with E-state index in [1.807, 2.05) is 5.32 Å². The molecule has 14 heteroatoms. The molecule has 2 rings (SSSR count). The standard InChI is InChI=1S/C17H17F6N5O3/c1-26(2)12-13(24)27(3)15(31)28(14(12)30)7-11(29)25-10-5-8(16(18,19)20)4-9(6-10)17(21,22)23/h4-6H,7,24H2,1-3H3,(H,25,29). The van der Waals surface area contributed by atoms with Gasteiger partial charge in [0.2, 0.25) is 5.91 Å². The highest BCUT2D eigenvalue weighted by Gasteiger charge is 2.37. The van der Waals surface area contributed by atoms with E-state index in [1.165, 1.54) is 26.0 Å². The van der Waals surface area contributed by atoms with Crippen LogP contribution in [0.25, 0.3) is 0 Å². The van der Waals surface area contributed by atoms with Gasteiger partial charge >= 0.3 is 18.0 Å². The van der Waals surface area contributed by atoms with Gasteiger partial charge in [-0.05, 0) is 18.2 Å². The number of nitrogens with two attached hydrogens (primary N) is 1. The number of nitrogens with one attached hydrogen (secondary N) is 1. The van der Waals surface area contributed by atoms with Crippen LogP contribution < -0.4 is 27.2 Å². The van der Waals surface area contributed by atoms with Crippen molar-refractivity contribution in [1.29, 1.82) is 0 Å². The molecular formula is C17H17F6N5O3. The lowest BCUT2D eigenvalue weighted by molar-refractivity contribution is -0.143. The summed E-state index contributed by atoms with van der Waals surface area (Å²) in [6.07, 6.45) is -10.2. The number of nitrogen functional groups attached to an aromatic ring is 1.